The Bertz CT molecular complexity index is 603. The number of benzene rings is 1. The maximum absolute atomic E-state index is 13.3. The number of piperidine rings is 1. The molecular weight excluding hydrogens is 323 g/mol. The number of alkyl halides is 3. The number of aliphatic carboxylic acids is 1. The zero-order valence-electron chi connectivity index (χ0n) is 13.3. The highest BCUT2D eigenvalue weighted by Crippen LogP contribution is 2.38. The van der Waals surface area contributed by atoms with Gasteiger partial charge < -0.3 is 10.0 Å². The minimum atomic E-state index is -4.54. The third-order valence-electron chi connectivity index (χ3n) is 4.54. The fraction of sp³-hybridized carbons (Fsp3) is 0.529. The van der Waals surface area contributed by atoms with Crippen LogP contribution >= 0.6 is 0 Å². The Kier molecular flexibility index (Phi) is 5.20. The number of likely N-dealkylation sites (tertiary alicyclic amines) is 1. The molecule has 132 valence electrons. The predicted octanol–water partition coefficient (Wildman–Crippen LogP) is 3.44. The van der Waals surface area contributed by atoms with Crippen molar-refractivity contribution < 1.29 is 27.9 Å². The minimum Gasteiger partial charge on any atom is -0.481 e. The normalized spacial score (nSPS) is 22.9. The SMILES string of the molecule is CC1(C(=O)O)CCCN(C(=O)CC(c2ccccc2)C(F)(F)F)C1. The van der Waals surface area contributed by atoms with Gasteiger partial charge in [0, 0.05) is 19.5 Å². The molecule has 7 heteroatoms. The highest BCUT2D eigenvalue weighted by Gasteiger charge is 2.44. The maximum atomic E-state index is 13.3. The molecule has 0 saturated carbocycles. The topological polar surface area (TPSA) is 57.6 Å². The van der Waals surface area contributed by atoms with E-state index >= 15 is 0 Å². The van der Waals surface area contributed by atoms with Gasteiger partial charge in [0.2, 0.25) is 5.91 Å². The van der Waals surface area contributed by atoms with Crippen molar-refractivity contribution >= 4 is 11.9 Å². The number of hydrogen-bond acceptors (Lipinski definition) is 2. The van der Waals surface area contributed by atoms with Crippen molar-refractivity contribution in [3.63, 3.8) is 0 Å². The first-order valence-corrected chi connectivity index (χ1v) is 7.76. The van der Waals surface area contributed by atoms with Crippen LogP contribution in [0.4, 0.5) is 13.2 Å². The van der Waals surface area contributed by atoms with Gasteiger partial charge in [-0.15, -0.1) is 0 Å². The smallest absolute Gasteiger partial charge is 0.396 e. The first-order valence-electron chi connectivity index (χ1n) is 7.76. The minimum absolute atomic E-state index is 0.0383. The third kappa shape index (κ3) is 4.07. The van der Waals surface area contributed by atoms with Gasteiger partial charge >= 0.3 is 12.1 Å². The summed E-state index contributed by atoms with van der Waals surface area (Å²) < 4.78 is 40.0. The van der Waals surface area contributed by atoms with E-state index in [4.69, 9.17) is 0 Å². The van der Waals surface area contributed by atoms with Gasteiger partial charge in [0.05, 0.1) is 11.3 Å². The highest BCUT2D eigenvalue weighted by atomic mass is 19.4. The number of hydrogen-bond donors (Lipinski definition) is 1. The number of rotatable bonds is 4. The van der Waals surface area contributed by atoms with E-state index < -0.39 is 35.8 Å². The van der Waals surface area contributed by atoms with Crippen LogP contribution in [0.1, 0.15) is 37.7 Å². The van der Waals surface area contributed by atoms with Crippen molar-refractivity contribution in [1.29, 1.82) is 0 Å². The molecule has 4 nitrogen and oxygen atoms in total. The summed E-state index contributed by atoms with van der Waals surface area (Å²) in [7, 11) is 0. The van der Waals surface area contributed by atoms with Crippen LogP contribution in [0.2, 0.25) is 0 Å². The summed E-state index contributed by atoms with van der Waals surface area (Å²) in [5.74, 6) is -3.58. The second-order valence-corrected chi connectivity index (χ2v) is 6.49. The van der Waals surface area contributed by atoms with Gasteiger partial charge in [-0.3, -0.25) is 9.59 Å². The van der Waals surface area contributed by atoms with Crippen LogP contribution in [0, 0.1) is 5.41 Å². The molecule has 1 aromatic rings. The maximum Gasteiger partial charge on any atom is 0.396 e. The van der Waals surface area contributed by atoms with E-state index in [2.05, 4.69) is 0 Å². The van der Waals surface area contributed by atoms with Crippen molar-refractivity contribution in [1.82, 2.24) is 4.90 Å². The van der Waals surface area contributed by atoms with E-state index in [0.29, 0.717) is 19.4 Å². The van der Waals surface area contributed by atoms with Gasteiger partial charge in [0.15, 0.2) is 0 Å². The molecule has 1 aliphatic heterocycles. The molecule has 0 aromatic heterocycles. The van der Waals surface area contributed by atoms with Gasteiger partial charge in [0.1, 0.15) is 0 Å². The van der Waals surface area contributed by atoms with Crippen LogP contribution in [0.15, 0.2) is 30.3 Å². The molecule has 0 bridgehead atoms. The number of carbonyl (C=O) groups excluding carboxylic acids is 1. The van der Waals surface area contributed by atoms with Gasteiger partial charge in [-0.2, -0.15) is 13.2 Å². The van der Waals surface area contributed by atoms with Crippen molar-refractivity contribution in [3.8, 4) is 0 Å². The molecule has 0 spiro atoms. The Labute approximate surface area is 138 Å². The lowest BCUT2D eigenvalue weighted by Gasteiger charge is -2.38. The molecule has 1 heterocycles. The second kappa shape index (κ2) is 6.83. The molecule has 1 saturated heterocycles. The molecule has 24 heavy (non-hydrogen) atoms. The Balaban J connectivity index is 2.15. The monoisotopic (exact) mass is 343 g/mol. The Hall–Kier alpha value is -2.05. The number of halogens is 3. The van der Waals surface area contributed by atoms with E-state index in [1.165, 1.54) is 36.1 Å². The van der Waals surface area contributed by atoms with Gasteiger partial charge in [-0.1, -0.05) is 30.3 Å². The molecule has 2 unspecified atom stereocenters. The summed E-state index contributed by atoms with van der Waals surface area (Å²) >= 11 is 0. The Morgan fingerprint density at radius 3 is 2.46 bits per heavy atom. The lowest BCUT2D eigenvalue weighted by atomic mass is 9.81. The van der Waals surface area contributed by atoms with Crippen LogP contribution in [0.25, 0.3) is 0 Å². The lowest BCUT2D eigenvalue weighted by molar-refractivity contribution is -0.164. The molecule has 0 aliphatic carbocycles. The van der Waals surface area contributed by atoms with Crippen LogP contribution in [0.5, 0.6) is 0 Å². The van der Waals surface area contributed by atoms with Crippen LogP contribution in [0.3, 0.4) is 0 Å². The van der Waals surface area contributed by atoms with E-state index in [0.717, 1.165) is 0 Å². The number of nitrogens with zero attached hydrogens (tertiary/aromatic N) is 1. The van der Waals surface area contributed by atoms with Crippen molar-refractivity contribution in [2.45, 2.75) is 38.3 Å². The van der Waals surface area contributed by atoms with Gasteiger partial charge in [-0.25, -0.2) is 0 Å². The molecular formula is C17H20F3NO3. The standard InChI is InChI=1S/C17H20F3NO3/c1-16(15(23)24)8-5-9-21(11-16)14(22)10-13(17(18,19)20)12-6-3-2-4-7-12/h2-4,6-7,13H,5,8-11H2,1H3,(H,23,24). The average molecular weight is 343 g/mol. The van der Waals surface area contributed by atoms with Gasteiger partial charge in [0.25, 0.3) is 0 Å². The number of amides is 1. The first-order chi connectivity index (χ1) is 11.1. The predicted molar refractivity (Wildman–Crippen MR) is 81.4 cm³/mol. The molecule has 1 amide bonds. The Morgan fingerprint density at radius 1 is 1.29 bits per heavy atom. The zero-order chi connectivity index (χ0) is 18.0. The summed E-state index contributed by atoms with van der Waals surface area (Å²) in [5.41, 5.74) is -1.06. The van der Waals surface area contributed by atoms with E-state index in [-0.39, 0.29) is 12.1 Å². The lowest BCUT2D eigenvalue weighted by Crippen LogP contribution is -2.49. The summed E-state index contributed by atoms with van der Waals surface area (Å²) in [6.45, 7) is 1.76. The van der Waals surface area contributed by atoms with E-state index in [1.54, 1.807) is 6.07 Å². The quantitative estimate of drug-likeness (QED) is 0.911. The van der Waals surface area contributed by atoms with Crippen molar-refractivity contribution in [3.05, 3.63) is 35.9 Å². The van der Waals surface area contributed by atoms with Crippen LogP contribution in [-0.2, 0) is 9.59 Å². The van der Waals surface area contributed by atoms with Crippen LogP contribution < -0.4 is 0 Å². The number of carboxylic acid groups (broad SMARTS) is 1. The molecule has 0 radical (unpaired) electrons. The fourth-order valence-corrected chi connectivity index (χ4v) is 3.04. The van der Waals surface area contributed by atoms with Crippen molar-refractivity contribution in [2.24, 2.45) is 5.41 Å². The summed E-state index contributed by atoms with van der Waals surface area (Å²) in [6, 6.07) is 7.32. The molecule has 1 aromatic carbocycles. The van der Waals surface area contributed by atoms with E-state index in [9.17, 15) is 27.9 Å². The first kappa shape index (κ1) is 18.3. The largest absolute Gasteiger partial charge is 0.481 e. The van der Waals surface area contributed by atoms with Crippen molar-refractivity contribution in [2.75, 3.05) is 13.1 Å². The zero-order valence-corrected chi connectivity index (χ0v) is 13.3. The summed E-state index contributed by atoms with van der Waals surface area (Å²) in [4.78, 5) is 25.0. The summed E-state index contributed by atoms with van der Waals surface area (Å²) in [5, 5.41) is 9.27. The van der Waals surface area contributed by atoms with Crippen LogP contribution in [-0.4, -0.2) is 41.1 Å². The van der Waals surface area contributed by atoms with E-state index in [1.807, 2.05) is 0 Å². The van der Waals surface area contributed by atoms with Gasteiger partial charge in [-0.05, 0) is 25.3 Å². The highest BCUT2D eigenvalue weighted by molar-refractivity contribution is 5.80. The molecule has 1 aliphatic rings. The average Bonchev–Trinajstić information content (AvgIpc) is 2.52. The molecule has 2 rings (SSSR count). The second-order valence-electron chi connectivity index (χ2n) is 6.49. The fourth-order valence-electron chi connectivity index (χ4n) is 3.04. The molecule has 2 atom stereocenters. The number of carboxylic acids is 1. The third-order valence-corrected chi connectivity index (χ3v) is 4.54. The summed E-state index contributed by atoms with van der Waals surface area (Å²) in [6.07, 6.45) is -4.36. The number of carbonyl (C=O) groups is 2. The molecule has 1 N–H and O–H groups in total. The Morgan fingerprint density at radius 2 is 1.92 bits per heavy atom. The molecule has 1 fully saturated rings.